The molecule has 0 amide bonds. The van der Waals surface area contributed by atoms with Crippen LogP contribution in [0.15, 0.2) is 84.9 Å². The first-order valence-electron chi connectivity index (χ1n) is 8.54. The number of fused-ring (bicyclic) bond motifs is 2. The largest absolute Gasteiger partial charge is 0.344 e. The Labute approximate surface area is 144 Å². The van der Waals surface area contributed by atoms with Crippen molar-refractivity contribution in [2.24, 2.45) is 0 Å². The van der Waals surface area contributed by atoms with E-state index in [1.54, 1.807) is 0 Å². The molecule has 0 fully saturated rings. The Morgan fingerprint density at radius 1 is 0.583 bits per heavy atom. The van der Waals surface area contributed by atoms with Gasteiger partial charge in [-0.15, -0.1) is 0 Å². The maximum atomic E-state index is 2.28. The number of para-hydroxylation sites is 1. The van der Waals surface area contributed by atoms with Gasteiger partial charge in [-0.25, -0.2) is 0 Å². The van der Waals surface area contributed by atoms with Crippen molar-refractivity contribution in [3.8, 4) is 0 Å². The lowest BCUT2D eigenvalue weighted by Gasteiger charge is -2.23. The third-order valence-corrected chi connectivity index (χ3v) is 4.22. The van der Waals surface area contributed by atoms with Gasteiger partial charge in [-0.3, -0.25) is 0 Å². The summed E-state index contributed by atoms with van der Waals surface area (Å²) in [5.41, 5.74) is 2.46. The number of hydrogen-bond acceptors (Lipinski definition) is 1. The van der Waals surface area contributed by atoms with Gasteiger partial charge >= 0.3 is 0 Å². The van der Waals surface area contributed by atoms with Crippen LogP contribution in [0.5, 0.6) is 0 Å². The molecular weight excluding hydrogens is 290 g/mol. The number of nitrogens with zero attached hydrogens (tertiary/aromatic N) is 1. The second-order valence-electron chi connectivity index (χ2n) is 5.56. The molecule has 4 rings (SSSR count). The first kappa shape index (κ1) is 16.1. The predicted octanol–water partition coefficient (Wildman–Crippen LogP) is 6.79. The summed E-state index contributed by atoms with van der Waals surface area (Å²) in [4.78, 5) is 2.28. The topological polar surface area (TPSA) is 3.24 Å². The van der Waals surface area contributed by atoms with Crippen LogP contribution in [0.1, 0.15) is 13.8 Å². The quantitative estimate of drug-likeness (QED) is 0.368. The molecule has 0 spiro atoms. The van der Waals surface area contributed by atoms with E-state index in [2.05, 4.69) is 96.9 Å². The Morgan fingerprint density at radius 3 is 1.58 bits per heavy atom. The van der Waals surface area contributed by atoms with Crippen LogP contribution >= 0.6 is 0 Å². The molecule has 0 heterocycles. The standard InChI is InChI=1S/C21H17N.C2H6/c1-22(18-11-3-2-4-12-18)21-19-13-7-5-9-16(19)15-17-10-6-8-14-20(17)21;1-2/h2-15H,1H3;1-2H3. The molecule has 0 bridgehead atoms. The highest BCUT2D eigenvalue weighted by Gasteiger charge is 2.12. The van der Waals surface area contributed by atoms with Crippen LogP contribution in [0, 0.1) is 0 Å². The highest BCUT2D eigenvalue weighted by Crippen LogP contribution is 2.37. The average molecular weight is 313 g/mol. The van der Waals surface area contributed by atoms with E-state index in [4.69, 9.17) is 0 Å². The van der Waals surface area contributed by atoms with Gasteiger partial charge in [0.25, 0.3) is 0 Å². The van der Waals surface area contributed by atoms with E-state index in [0.29, 0.717) is 0 Å². The molecule has 4 aromatic carbocycles. The second-order valence-corrected chi connectivity index (χ2v) is 5.56. The fraction of sp³-hybridized carbons (Fsp3) is 0.130. The van der Waals surface area contributed by atoms with Gasteiger partial charge in [-0.1, -0.05) is 80.6 Å². The van der Waals surface area contributed by atoms with Gasteiger partial charge in [0.15, 0.2) is 0 Å². The zero-order valence-electron chi connectivity index (χ0n) is 14.5. The summed E-state index contributed by atoms with van der Waals surface area (Å²) in [5.74, 6) is 0. The van der Waals surface area contributed by atoms with Gasteiger partial charge in [-0.05, 0) is 29.0 Å². The number of hydrogen-bond donors (Lipinski definition) is 0. The van der Waals surface area contributed by atoms with Gasteiger partial charge in [0.05, 0.1) is 5.69 Å². The molecule has 0 atom stereocenters. The third kappa shape index (κ3) is 2.85. The molecule has 0 radical (unpaired) electrons. The Hall–Kier alpha value is -2.80. The van der Waals surface area contributed by atoms with Crippen LogP contribution in [0.3, 0.4) is 0 Å². The Balaban J connectivity index is 0.000000815. The van der Waals surface area contributed by atoms with Crippen LogP contribution in [0.4, 0.5) is 11.4 Å². The molecule has 1 heteroatoms. The monoisotopic (exact) mass is 313 g/mol. The van der Waals surface area contributed by atoms with Crippen molar-refractivity contribution in [1.29, 1.82) is 0 Å². The van der Waals surface area contributed by atoms with Crippen LogP contribution in [-0.4, -0.2) is 7.05 Å². The molecule has 0 unspecified atom stereocenters. The zero-order chi connectivity index (χ0) is 16.9. The molecule has 0 aliphatic rings. The van der Waals surface area contributed by atoms with E-state index in [9.17, 15) is 0 Å². The van der Waals surface area contributed by atoms with Gasteiger partial charge in [0.1, 0.15) is 0 Å². The minimum Gasteiger partial charge on any atom is -0.344 e. The predicted molar refractivity (Wildman–Crippen MR) is 107 cm³/mol. The summed E-state index contributed by atoms with van der Waals surface area (Å²) < 4.78 is 0. The maximum Gasteiger partial charge on any atom is 0.0567 e. The van der Waals surface area contributed by atoms with E-state index >= 15 is 0 Å². The molecular formula is C23H23N. The smallest absolute Gasteiger partial charge is 0.0567 e. The van der Waals surface area contributed by atoms with Crippen molar-refractivity contribution in [3.05, 3.63) is 84.9 Å². The van der Waals surface area contributed by atoms with Gasteiger partial charge in [0, 0.05) is 23.5 Å². The lowest BCUT2D eigenvalue weighted by Crippen LogP contribution is -2.10. The van der Waals surface area contributed by atoms with Crippen LogP contribution in [0.2, 0.25) is 0 Å². The molecule has 24 heavy (non-hydrogen) atoms. The average Bonchev–Trinajstić information content (AvgIpc) is 2.68. The molecule has 1 nitrogen and oxygen atoms in total. The first-order chi connectivity index (χ1) is 11.8. The molecule has 0 aromatic heterocycles. The summed E-state index contributed by atoms with van der Waals surface area (Å²) in [6.45, 7) is 4.00. The SMILES string of the molecule is CC.CN(c1ccccc1)c1c2ccccc2cc2ccccc12. The highest BCUT2D eigenvalue weighted by atomic mass is 15.1. The third-order valence-electron chi connectivity index (χ3n) is 4.22. The molecule has 0 saturated heterocycles. The Kier molecular flexibility index (Phi) is 4.81. The molecule has 4 aromatic rings. The van der Waals surface area contributed by atoms with E-state index in [-0.39, 0.29) is 0 Å². The molecule has 0 N–H and O–H groups in total. The van der Waals surface area contributed by atoms with Crippen LogP contribution in [-0.2, 0) is 0 Å². The van der Waals surface area contributed by atoms with Crippen molar-refractivity contribution in [3.63, 3.8) is 0 Å². The van der Waals surface area contributed by atoms with E-state index < -0.39 is 0 Å². The van der Waals surface area contributed by atoms with Gasteiger partial charge < -0.3 is 4.90 Å². The fourth-order valence-electron chi connectivity index (χ4n) is 3.13. The lowest BCUT2D eigenvalue weighted by atomic mass is 10.00. The zero-order valence-corrected chi connectivity index (χ0v) is 14.5. The summed E-state index contributed by atoms with van der Waals surface area (Å²) in [6.07, 6.45) is 0. The fourth-order valence-corrected chi connectivity index (χ4v) is 3.13. The summed E-state index contributed by atoms with van der Waals surface area (Å²) in [6, 6.07) is 30.0. The Morgan fingerprint density at radius 2 is 1.04 bits per heavy atom. The molecule has 120 valence electrons. The van der Waals surface area contributed by atoms with Gasteiger partial charge in [-0.2, -0.15) is 0 Å². The van der Waals surface area contributed by atoms with Crippen LogP contribution < -0.4 is 4.90 Å². The molecule has 0 aliphatic carbocycles. The normalized spacial score (nSPS) is 10.3. The Bertz CT molecular complexity index is 888. The van der Waals surface area contributed by atoms with E-state index in [0.717, 1.165) is 0 Å². The minimum atomic E-state index is 1.20. The summed E-state index contributed by atoms with van der Waals surface area (Å²) in [5, 5.41) is 5.12. The lowest BCUT2D eigenvalue weighted by molar-refractivity contribution is 1.23. The summed E-state index contributed by atoms with van der Waals surface area (Å²) in [7, 11) is 2.14. The molecule has 0 aliphatic heterocycles. The summed E-state index contributed by atoms with van der Waals surface area (Å²) >= 11 is 0. The van der Waals surface area contributed by atoms with Crippen molar-refractivity contribution < 1.29 is 0 Å². The van der Waals surface area contributed by atoms with Crippen molar-refractivity contribution in [1.82, 2.24) is 0 Å². The molecule has 0 saturated carbocycles. The minimum absolute atomic E-state index is 1.20. The van der Waals surface area contributed by atoms with Crippen molar-refractivity contribution in [2.45, 2.75) is 13.8 Å². The number of anilines is 2. The van der Waals surface area contributed by atoms with Crippen molar-refractivity contribution >= 4 is 32.9 Å². The van der Waals surface area contributed by atoms with E-state index in [1.807, 2.05) is 13.8 Å². The van der Waals surface area contributed by atoms with Crippen LogP contribution in [0.25, 0.3) is 21.5 Å². The highest BCUT2D eigenvalue weighted by molar-refractivity contribution is 6.12. The maximum absolute atomic E-state index is 2.28. The first-order valence-corrected chi connectivity index (χ1v) is 8.54. The number of rotatable bonds is 2. The van der Waals surface area contributed by atoms with Crippen molar-refractivity contribution in [2.75, 3.05) is 11.9 Å². The van der Waals surface area contributed by atoms with E-state index in [1.165, 1.54) is 32.9 Å². The second kappa shape index (κ2) is 7.18. The number of benzene rings is 4. The van der Waals surface area contributed by atoms with Gasteiger partial charge in [0.2, 0.25) is 0 Å².